The lowest BCUT2D eigenvalue weighted by Crippen LogP contribution is -2.54. The second-order valence-corrected chi connectivity index (χ2v) is 7.86. The van der Waals surface area contributed by atoms with Crippen molar-refractivity contribution in [2.45, 2.75) is 43.9 Å². The molecule has 1 atom stereocenters. The van der Waals surface area contributed by atoms with E-state index >= 15 is 0 Å². The molecule has 4 heterocycles. The number of likely N-dealkylation sites (tertiary alicyclic amines) is 1. The van der Waals surface area contributed by atoms with Crippen molar-refractivity contribution in [2.75, 3.05) is 19.6 Å². The molecule has 1 spiro atoms. The number of hydrogen-bond acceptors (Lipinski definition) is 6. The van der Waals surface area contributed by atoms with E-state index in [0.717, 1.165) is 12.4 Å². The first-order chi connectivity index (χ1) is 13.6. The molecule has 1 N–H and O–H groups in total. The maximum absolute atomic E-state index is 12.7. The van der Waals surface area contributed by atoms with E-state index in [0.29, 0.717) is 38.4 Å². The summed E-state index contributed by atoms with van der Waals surface area (Å²) in [5, 5.41) is 6.63. The number of piperidine rings is 1. The normalized spacial score (nSPS) is 23.4. The molecule has 1 saturated heterocycles. The lowest BCUT2D eigenvalue weighted by molar-refractivity contribution is -0.172. The van der Waals surface area contributed by atoms with Crippen LogP contribution in [0, 0.1) is 5.92 Å². The van der Waals surface area contributed by atoms with Gasteiger partial charge >= 0.3 is 0 Å². The Morgan fingerprint density at radius 2 is 2.07 bits per heavy atom. The minimum atomic E-state index is -0.651. The van der Waals surface area contributed by atoms with Crippen molar-refractivity contribution in [1.82, 2.24) is 24.9 Å². The minimum Gasteiger partial charge on any atom is -0.354 e. The van der Waals surface area contributed by atoms with Crippen LogP contribution in [-0.2, 0) is 21.7 Å². The number of carbonyl (C=O) groups is 2. The Morgan fingerprint density at radius 3 is 2.79 bits per heavy atom. The molecule has 2 fully saturated rings. The molecule has 0 aromatic carbocycles. The molecule has 9 nitrogen and oxygen atoms in total. The van der Waals surface area contributed by atoms with Crippen molar-refractivity contribution in [3.05, 3.63) is 36.2 Å². The van der Waals surface area contributed by atoms with Crippen LogP contribution >= 0.6 is 0 Å². The van der Waals surface area contributed by atoms with Gasteiger partial charge in [0.2, 0.25) is 5.76 Å². The molecule has 3 aliphatic rings. The smallest absolute Gasteiger partial charge is 0.292 e. The van der Waals surface area contributed by atoms with Crippen LogP contribution in [0.2, 0.25) is 0 Å². The number of fused-ring (bicyclic) bond motifs is 2. The van der Waals surface area contributed by atoms with Gasteiger partial charge in [0.15, 0.2) is 6.10 Å². The van der Waals surface area contributed by atoms with Crippen molar-refractivity contribution in [2.24, 2.45) is 5.92 Å². The topological polar surface area (TPSA) is 102 Å². The van der Waals surface area contributed by atoms with Gasteiger partial charge in [0.1, 0.15) is 11.4 Å². The third-order valence-electron chi connectivity index (χ3n) is 5.91. The van der Waals surface area contributed by atoms with Crippen LogP contribution in [0.15, 0.2) is 29.2 Å². The molecular formula is C19H23N5O4. The first-order valence-corrected chi connectivity index (χ1v) is 9.82. The van der Waals surface area contributed by atoms with E-state index in [4.69, 9.17) is 9.26 Å². The number of carbonyl (C=O) groups excluding carboxylic acids is 2. The van der Waals surface area contributed by atoms with Crippen LogP contribution < -0.4 is 5.32 Å². The van der Waals surface area contributed by atoms with E-state index in [1.807, 2.05) is 10.8 Å². The lowest BCUT2D eigenvalue weighted by atomic mass is 9.88. The summed E-state index contributed by atoms with van der Waals surface area (Å²) >= 11 is 0. The highest BCUT2D eigenvalue weighted by Crippen LogP contribution is 2.40. The van der Waals surface area contributed by atoms with Gasteiger partial charge in [-0.05, 0) is 18.8 Å². The van der Waals surface area contributed by atoms with Gasteiger partial charge in [0.25, 0.3) is 11.8 Å². The first kappa shape index (κ1) is 17.4. The predicted molar refractivity (Wildman–Crippen MR) is 96.2 cm³/mol. The molecule has 2 aromatic rings. The number of nitrogens with zero attached hydrogens (tertiary/aromatic N) is 4. The molecular weight excluding hydrogens is 362 g/mol. The van der Waals surface area contributed by atoms with Gasteiger partial charge in [-0.15, -0.1) is 0 Å². The fourth-order valence-electron chi connectivity index (χ4n) is 4.11. The molecule has 28 heavy (non-hydrogen) atoms. The highest BCUT2D eigenvalue weighted by molar-refractivity contribution is 5.91. The molecule has 2 amide bonds. The number of hydrogen-bond donors (Lipinski definition) is 1. The highest BCUT2D eigenvalue weighted by atomic mass is 16.5. The summed E-state index contributed by atoms with van der Waals surface area (Å²) in [6, 6.07) is 1.57. The van der Waals surface area contributed by atoms with Gasteiger partial charge in [-0.25, -0.2) is 4.98 Å². The lowest BCUT2D eigenvalue weighted by Gasteiger charge is -2.45. The van der Waals surface area contributed by atoms with Gasteiger partial charge in [-0.2, -0.15) is 0 Å². The van der Waals surface area contributed by atoms with Crippen LogP contribution in [0.1, 0.15) is 42.1 Å². The van der Waals surface area contributed by atoms with E-state index in [-0.39, 0.29) is 17.6 Å². The molecule has 0 bridgehead atoms. The third kappa shape index (κ3) is 3.09. The summed E-state index contributed by atoms with van der Waals surface area (Å²) in [6.07, 6.45) is 8.10. The van der Waals surface area contributed by atoms with E-state index in [1.54, 1.807) is 17.2 Å². The van der Waals surface area contributed by atoms with Crippen LogP contribution in [-0.4, -0.2) is 57.2 Å². The minimum absolute atomic E-state index is 0.0641. The van der Waals surface area contributed by atoms with Gasteiger partial charge in [-0.1, -0.05) is 5.16 Å². The maximum Gasteiger partial charge on any atom is 0.292 e. The van der Waals surface area contributed by atoms with Crippen LogP contribution in [0.4, 0.5) is 0 Å². The highest BCUT2D eigenvalue weighted by Gasteiger charge is 2.48. The number of imidazole rings is 1. The average molecular weight is 385 g/mol. The molecule has 1 saturated carbocycles. The van der Waals surface area contributed by atoms with Crippen molar-refractivity contribution in [3.63, 3.8) is 0 Å². The number of ether oxygens (including phenoxy) is 1. The molecule has 5 rings (SSSR count). The standard InChI is InChI=1S/C19H23N5O4/c25-16(21-11-13-1-2-13)15-12-24-10-7-20-18(24)19(27-15)4-8-23(9-5-19)17(26)14-3-6-22-28-14/h3,6-7,10,13,15H,1-2,4-5,8-9,11-12H2,(H,21,25). The van der Waals surface area contributed by atoms with Crippen molar-refractivity contribution in [1.29, 1.82) is 0 Å². The molecule has 1 unspecified atom stereocenters. The van der Waals surface area contributed by atoms with E-state index in [9.17, 15) is 9.59 Å². The van der Waals surface area contributed by atoms with Gasteiger partial charge < -0.3 is 24.0 Å². The van der Waals surface area contributed by atoms with Crippen molar-refractivity contribution in [3.8, 4) is 0 Å². The Kier molecular flexibility index (Phi) is 4.19. The quantitative estimate of drug-likeness (QED) is 0.840. The Morgan fingerprint density at radius 1 is 1.25 bits per heavy atom. The van der Waals surface area contributed by atoms with Crippen LogP contribution in [0.5, 0.6) is 0 Å². The zero-order valence-electron chi connectivity index (χ0n) is 15.5. The summed E-state index contributed by atoms with van der Waals surface area (Å²) in [4.78, 5) is 31.4. The fourth-order valence-corrected chi connectivity index (χ4v) is 4.11. The SMILES string of the molecule is O=C(NCC1CC1)C1Cn2ccnc2C2(CCN(C(=O)c3ccno3)CC2)O1. The number of aromatic nitrogens is 3. The zero-order valence-corrected chi connectivity index (χ0v) is 15.5. The Labute approximate surface area is 162 Å². The molecule has 2 aromatic heterocycles. The summed E-state index contributed by atoms with van der Waals surface area (Å²) in [5.74, 6) is 1.46. The molecule has 1 aliphatic carbocycles. The van der Waals surface area contributed by atoms with Crippen LogP contribution in [0.25, 0.3) is 0 Å². The van der Waals surface area contributed by atoms with Gasteiger partial charge in [0, 0.05) is 50.9 Å². The first-order valence-electron chi connectivity index (χ1n) is 9.82. The third-order valence-corrected chi connectivity index (χ3v) is 5.91. The Bertz CT molecular complexity index is 865. The summed E-state index contributed by atoms with van der Waals surface area (Å²) in [6.45, 7) is 2.20. The summed E-state index contributed by atoms with van der Waals surface area (Å²) in [7, 11) is 0. The Balaban J connectivity index is 1.31. The second-order valence-electron chi connectivity index (χ2n) is 7.86. The molecule has 148 valence electrons. The van der Waals surface area contributed by atoms with E-state index < -0.39 is 11.7 Å². The van der Waals surface area contributed by atoms with E-state index in [2.05, 4.69) is 15.5 Å². The largest absolute Gasteiger partial charge is 0.354 e. The molecule has 0 radical (unpaired) electrons. The number of nitrogens with one attached hydrogen (secondary N) is 1. The van der Waals surface area contributed by atoms with Gasteiger partial charge in [-0.3, -0.25) is 9.59 Å². The second kappa shape index (κ2) is 6.73. The average Bonchev–Trinajstić information content (AvgIpc) is 3.17. The van der Waals surface area contributed by atoms with Crippen LogP contribution in [0.3, 0.4) is 0 Å². The molecule has 2 aliphatic heterocycles. The van der Waals surface area contributed by atoms with Gasteiger partial charge in [0.05, 0.1) is 12.7 Å². The van der Waals surface area contributed by atoms with E-state index in [1.165, 1.54) is 19.0 Å². The maximum atomic E-state index is 12.7. The summed E-state index contributed by atoms with van der Waals surface area (Å²) < 4.78 is 13.4. The number of amides is 2. The number of rotatable bonds is 4. The monoisotopic (exact) mass is 385 g/mol. The summed E-state index contributed by atoms with van der Waals surface area (Å²) in [5.41, 5.74) is -0.651. The van der Waals surface area contributed by atoms with Crippen molar-refractivity contribution < 1.29 is 18.8 Å². The Hall–Kier alpha value is -2.68. The zero-order chi connectivity index (χ0) is 19.1. The molecule has 9 heteroatoms. The fraction of sp³-hybridized carbons (Fsp3) is 0.579. The van der Waals surface area contributed by atoms with Crippen molar-refractivity contribution >= 4 is 11.8 Å². The predicted octanol–water partition coefficient (Wildman–Crippen LogP) is 0.928.